The van der Waals surface area contributed by atoms with E-state index >= 15 is 0 Å². The maximum atomic E-state index is 4.26. The molecule has 1 heterocycles. The van der Waals surface area contributed by atoms with Crippen molar-refractivity contribution in [1.82, 2.24) is 9.97 Å². The zero-order chi connectivity index (χ0) is 9.97. The van der Waals surface area contributed by atoms with E-state index in [1.807, 2.05) is 0 Å². The molecule has 0 aliphatic carbocycles. The van der Waals surface area contributed by atoms with Crippen molar-refractivity contribution in [3.8, 4) is 11.3 Å². The van der Waals surface area contributed by atoms with Crippen LogP contribution in [0.5, 0.6) is 0 Å². The monoisotopic (exact) mass is 184 g/mol. The standard InChI is InChI=1S/C12H12N2/c1-9-3-4-11(7-10(9)2)12-8-13-5-6-14-12/h3-8H,1-2H3. The van der Waals surface area contributed by atoms with Gasteiger partial charge in [-0.25, -0.2) is 0 Å². The largest absolute Gasteiger partial charge is 0.261 e. The number of nitrogens with zero attached hydrogens (tertiary/aromatic N) is 2. The minimum atomic E-state index is 0.926. The molecule has 0 N–H and O–H groups in total. The topological polar surface area (TPSA) is 25.8 Å². The Morgan fingerprint density at radius 2 is 1.86 bits per heavy atom. The first kappa shape index (κ1) is 8.88. The van der Waals surface area contributed by atoms with Gasteiger partial charge in [0.15, 0.2) is 0 Å². The third kappa shape index (κ3) is 1.64. The fourth-order valence-electron chi connectivity index (χ4n) is 1.35. The van der Waals surface area contributed by atoms with Gasteiger partial charge in [0.25, 0.3) is 0 Å². The van der Waals surface area contributed by atoms with Crippen LogP contribution in [0.1, 0.15) is 11.1 Å². The lowest BCUT2D eigenvalue weighted by molar-refractivity contribution is 1.20. The van der Waals surface area contributed by atoms with Gasteiger partial charge in [0, 0.05) is 18.0 Å². The van der Waals surface area contributed by atoms with Crippen molar-refractivity contribution in [2.75, 3.05) is 0 Å². The lowest BCUT2D eigenvalue weighted by Crippen LogP contribution is -1.86. The van der Waals surface area contributed by atoms with E-state index < -0.39 is 0 Å². The average molecular weight is 184 g/mol. The zero-order valence-electron chi connectivity index (χ0n) is 8.36. The molecule has 2 nitrogen and oxygen atoms in total. The molecule has 2 rings (SSSR count). The molecule has 1 aromatic heterocycles. The summed E-state index contributed by atoms with van der Waals surface area (Å²) in [6.45, 7) is 4.21. The molecule has 70 valence electrons. The van der Waals surface area contributed by atoms with Crippen molar-refractivity contribution < 1.29 is 0 Å². The van der Waals surface area contributed by atoms with E-state index in [1.54, 1.807) is 18.6 Å². The van der Waals surface area contributed by atoms with Crippen LogP contribution in [0.3, 0.4) is 0 Å². The van der Waals surface area contributed by atoms with Crippen LogP contribution in [0.2, 0.25) is 0 Å². The molecule has 0 saturated carbocycles. The third-order valence-electron chi connectivity index (χ3n) is 2.37. The lowest BCUT2D eigenvalue weighted by atomic mass is 10.0. The number of hydrogen-bond acceptors (Lipinski definition) is 2. The normalized spacial score (nSPS) is 10.1. The molecular formula is C12H12N2. The second kappa shape index (κ2) is 3.58. The second-order valence-electron chi connectivity index (χ2n) is 3.39. The molecule has 0 bridgehead atoms. The molecule has 0 amide bonds. The van der Waals surface area contributed by atoms with Gasteiger partial charge in [0.1, 0.15) is 0 Å². The van der Waals surface area contributed by atoms with Crippen molar-refractivity contribution in [2.24, 2.45) is 0 Å². The molecule has 0 atom stereocenters. The maximum Gasteiger partial charge on any atom is 0.0885 e. The van der Waals surface area contributed by atoms with Gasteiger partial charge in [0.05, 0.1) is 11.9 Å². The van der Waals surface area contributed by atoms with Gasteiger partial charge < -0.3 is 0 Å². The summed E-state index contributed by atoms with van der Waals surface area (Å²) in [6.07, 6.45) is 5.18. The molecule has 0 aliphatic heterocycles. The summed E-state index contributed by atoms with van der Waals surface area (Å²) in [7, 11) is 0. The highest BCUT2D eigenvalue weighted by molar-refractivity contribution is 5.59. The third-order valence-corrected chi connectivity index (χ3v) is 2.37. The van der Waals surface area contributed by atoms with Crippen LogP contribution in [0, 0.1) is 13.8 Å². The first-order valence-electron chi connectivity index (χ1n) is 4.61. The summed E-state index contributed by atoms with van der Waals surface area (Å²) < 4.78 is 0. The van der Waals surface area contributed by atoms with E-state index in [2.05, 4.69) is 42.0 Å². The second-order valence-corrected chi connectivity index (χ2v) is 3.39. The summed E-state index contributed by atoms with van der Waals surface area (Å²) >= 11 is 0. The van der Waals surface area contributed by atoms with Crippen molar-refractivity contribution in [3.63, 3.8) is 0 Å². The predicted molar refractivity (Wildman–Crippen MR) is 56.9 cm³/mol. The molecule has 1 aromatic carbocycles. The van der Waals surface area contributed by atoms with Gasteiger partial charge in [-0.3, -0.25) is 9.97 Å². The zero-order valence-corrected chi connectivity index (χ0v) is 8.36. The molecule has 2 aromatic rings. The number of benzene rings is 1. The van der Waals surface area contributed by atoms with Crippen LogP contribution in [0.15, 0.2) is 36.8 Å². The van der Waals surface area contributed by atoms with E-state index in [1.165, 1.54) is 11.1 Å². The van der Waals surface area contributed by atoms with Crippen molar-refractivity contribution in [1.29, 1.82) is 0 Å². The van der Waals surface area contributed by atoms with Crippen LogP contribution >= 0.6 is 0 Å². The fraction of sp³-hybridized carbons (Fsp3) is 0.167. The lowest BCUT2D eigenvalue weighted by Gasteiger charge is -2.03. The Bertz CT molecular complexity index is 435. The van der Waals surface area contributed by atoms with E-state index in [0.29, 0.717) is 0 Å². The van der Waals surface area contributed by atoms with E-state index in [-0.39, 0.29) is 0 Å². The summed E-state index contributed by atoms with van der Waals surface area (Å²) in [5, 5.41) is 0. The minimum Gasteiger partial charge on any atom is -0.261 e. The van der Waals surface area contributed by atoms with E-state index in [4.69, 9.17) is 0 Å². The summed E-state index contributed by atoms with van der Waals surface area (Å²) in [6, 6.07) is 6.32. The van der Waals surface area contributed by atoms with Gasteiger partial charge in [0.2, 0.25) is 0 Å². The van der Waals surface area contributed by atoms with Crippen molar-refractivity contribution in [2.45, 2.75) is 13.8 Å². The smallest absolute Gasteiger partial charge is 0.0885 e. The van der Waals surface area contributed by atoms with Gasteiger partial charge in [-0.05, 0) is 31.0 Å². The fourth-order valence-corrected chi connectivity index (χ4v) is 1.35. The quantitative estimate of drug-likeness (QED) is 0.681. The highest BCUT2D eigenvalue weighted by Crippen LogP contribution is 2.18. The highest BCUT2D eigenvalue weighted by Gasteiger charge is 1.99. The Kier molecular flexibility index (Phi) is 2.27. The Balaban J connectivity index is 2.48. The van der Waals surface area contributed by atoms with Crippen LogP contribution in [-0.4, -0.2) is 9.97 Å². The average Bonchev–Trinajstić information content (AvgIpc) is 2.23. The van der Waals surface area contributed by atoms with Crippen LogP contribution in [0.4, 0.5) is 0 Å². The van der Waals surface area contributed by atoms with Crippen molar-refractivity contribution in [3.05, 3.63) is 47.9 Å². The first-order valence-corrected chi connectivity index (χ1v) is 4.61. The van der Waals surface area contributed by atoms with E-state index in [9.17, 15) is 0 Å². The molecule has 0 saturated heterocycles. The van der Waals surface area contributed by atoms with Crippen LogP contribution < -0.4 is 0 Å². The Hall–Kier alpha value is -1.70. The molecule has 0 fully saturated rings. The van der Waals surface area contributed by atoms with Crippen LogP contribution in [-0.2, 0) is 0 Å². The SMILES string of the molecule is Cc1ccc(-c2cnccn2)cc1C. The number of rotatable bonds is 1. The number of hydrogen-bond donors (Lipinski definition) is 0. The molecule has 2 heteroatoms. The first-order chi connectivity index (χ1) is 6.77. The molecule has 0 spiro atoms. The van der Waals surface area contributed by atoms with E-state index in [0.717, 1.165) is 11.3 Å². The molecule has 0 unspecified atom stereocenters. The van der Waals surface area contributed by atoms with Crippen molar-refractivity contribution >= 4 is 0 Å². The Morgan fingerprint density at radius 1 is 1.00 bits per heavy atom. The Morgan fingerprint density at radius 3 is 2.50 bits per heavy atom. The number of aryl methyl sites for hydroxylation is 2. The summed E-state index contributed by atoms with van der Waals surface area (Å²) in [4.78, 5) is 8.31. The Labute approximate surface area is 83.7 Å². The molecular weight excluding hydrogens is 172 g/mol. The molecule has 0 aliphatic rings. The van der Waals surface area contributed by atoms with Gasteiger partial charge in [-0.2, -0.15) is 0 Å². The van der Waals surface area contributed by atoms with Gasteiger partial charge in [-0.15, -0.1) is 0 Å². The molecule has 0 radical (unpaired) electrons. The van der Waals surface area contributed by atoms with Crippen LogP contribution in [0.25, 0.3) is 11.3 Å². The van der Waals surface area contributed by atoms with Gasteiger partial charge >= 0.3 is 0 Å². The van der Waals surface area contributed by atoms with Gasteiger partial charge in [-0.1, -0.05) is 12.1 Å². The maximum absolute atomic E-state index is 4.26. The minimum absolute atomic E-state index is 0.926. The predicted octanol–water partition coefficient (Wildman–Crippen LogP) is 2.76. The number of aromatic nitrogens is 2. The summed E-state index contributed by atoms with van der Waals surface area (Å²) in [5.74, 6) is 0. The molecule has 14 heavy (non-hydrogen) atoms. The highest BCUT2D eigenvalue weighted by atomic mass is 14.8. The summed E-state index contributed by atoms with van der Waals surface area (Å²) in [5.41, 5.74) is 4.64.